The Labute approximate surface area is 128 Å². The Hall–Kier alpha value is -0.380. The average Bonchev–Trinajstić information content (AvgIpc) is 2.68. The van der Waals surface area contributed by atoms with Gasteiger partial charge in [-0.15, -0.1) is 11.3 Å². The molecule has 1 aromatic rings. The maximum absolute atomic E-state index is 11.9. The first kappa shape index (κ1) is 16.7. The molecule has 1 heterocycles. The molecule has 0 saturated carbocycles. The Kier molecular flexibility index (Phi) is 7.66. The number of hydrogen-bond acceptors (Lipinski definition) is 3. The van der Waals surface area contributed by atoms with E-state index in [4.69, 9.17) is 23.2 Å². The number of hydrogen-bond donors (Lipinski definition) is 0. The molecule has 0 aliphatic heterocycles. The van der Waals surface area contributed by atoms with Gasteiger partial charge < -0.3 is 0 Å². The van der Waals surface area contributed by atoms with Gasteiger partial charge >= 0.3 is 0 Å². The Morgan fingerprint density at radius 3 is 2.42 bits per heavy atom. The predicted octanol–water partition coefficient (Wildman–Crippen LogP) is 5.56. The molecule has 0 bridgehead atoms. The Balaban J connectivity index is 2.32. The van der Waals surface area contributed by atoms with E-state index in [1.165, 1.54) is 18.9 Å². The lowest BCUT2D eigenvalue weighted by Crippen LogP contribution is -2.07. The molecule has 0 aliphatic carbocycles. The predicted molar refractivity (Wildman–Crippen MR) is 81.7 cm³/mol. The van der Waals surface area contributed by atoms with Gasteiger partial charge in [0.25, 0.3) is 0 Å². The van der Waals surface area contributed by atoms with Crippen LogP contribution in [0.15, 0.2) is 6.07 Å². The highest BCUT2D eigenvalue weighted by Gasteiger charge is 2.17. The summed E-state index contributed by atoms with van der Waals surface area (Å²) < 4.78 is 0.839. The molecular weight excluding hydrogens is 303 g/mol. The van der Waals surface area contributed by atoms with E-state index < -0.39 is 0 Å². The quantitative estimate of drug-likeness (QED) is 0.339. The fourth-order valence-corrected chi connectivity index (χ4v) is 3.32. The molecule has 0 aliphatic rings. The number of halogens is 2. The third kappa shape index (κ3) is 6.07. The van der Waals surface area contributed by atoms with Gasteiger partial charge in [0.05, 0.1) is 10.8 Å². The number of carbonyl (C=O) groups excluding carboxylic acids is 2. The molecule has 19 heavy (non-hydrogen) atoms. The highest BCUT2D eigenvalue weighted by molar-refractivity contribution is 7.20. The summed E-state index contributed by atoms with van der Waals surface area (Å²) in [5.74, 6) is -0.244. The molecule has 0 fully saturated rings. The summed E-state index contributed by atoms with van der Waals surface area (Å²) >= 11 is 12.8. The number of unbranched alkanes of at least 4 members (excludes halogenated alkanes) is 4. The van der Waals surface area contributed by atoms with Crippen molar-refractivity contribution >= 4 is 46.1 Å². The van der Waals surface area contributed by atoms with Gasteiger partial charge in [0, 0.05) is 12.0 Å². The Morgan fingerprint density at radius 2 is 1.84 bits per heavy atom. The summed E-state index contributed by atoms with van der Waals surface area (Å²) in [7, 11) is 0. The lowest BCUT2D eigenvalue weighted by Gasteiger charge is -2.01. The van der Waals surface area contributed by atoms with Crippen LogP contribution < -0.4 is 0 Å². The molecule has 0 atom stereocenters. The third-order valence-electron chi connectivity index (χ3n) is 2.87. The van der Waals surface area contributed by atoms with Crippen molar-refractivity contribution in [2.45, 2.75) is 51.9 Å². The normalized spacial score (nSPS) is 10.7. The van der Waals surface area contributed by atoms with Crippen molar-refractivity contribution in [3.05, 3.63) is 20.3 Å². The number of carbonyl (C=O) groups is 2. The Bertz CT molecular complexity index is 441. The first-order chi connectivity index (χ1) is 9.04. The second kappa shape index (κ2) is 8.72. The van der Waals surface area contributed by atoms with Crippen molar-refractivity contribution in [3.8, 4) is 0 Å². The molecule has 1 rings (SSSR count). The minimum Gasteiger partial charge on any atom is -0.299 e. The monoisotopic (exact) mass is 320 g/mol. The highest BCUT2D eigenvalue weighted by Crippen LogP contribution is 2.32. The number of rotatable bonds is 9. The lowest BCUT2D eigenvalue weighted by molar-refractivity contribution is -0.118. The highest BCUT2D eigenvalue weighted by atomic mass is 35.5. The molecule has 0 spiro atoms. The van der Waals surface area contributed by atoms with Gasteiger partial charge in [-0.05, 0) is 12.5 Å². The van der Waals surface area contributed by atoms with E-state index >= 15 is 0 Å². The molecule has 0 amide bonds. The number of Topliss-reactive ketones (excluding diaryl/α,β-unsaturated/α-hetero) is 2. The van der Waals surface area contributed by atoms with Gasteiger partial charge in [0.15, 0.2) is 5.78 Å². The van der Waals surface area contributed by atoms with Gasteiger partial charge in [-0.1, -0.05) is 55.8 Å². The number of ketones is 2. The zero-order valence-electron chi connectivity index (χ0n) is 11.0. The van der Waals surface area contributed by atoms with Crippen LogP contribution in [0.3, 0.4) is 0 Å². The van der Waals surface area contributed by atoms with Crippen molar-refractivity contribution in [1.29, 1.82) is 0 Å². The van der Waals surface area contributed by atoms with Gasteiger partial charge in [-0.25, -0.2) is 0 Å². The first-order valence-corrected chi connectivity index (χ1v) is 8.11. The molecular formula is C14H18Cl2O2S. The van der Waals surface area contributed by atoms with E-state index in [1.807, 2.05) is 0 Å². The summed E-state index contributed by atoms with van der Waals surface area (Å²) in [4.78, 5) is 23.6. The van der Waals surface area contributed by atoms with Crippen LogP contribution >= 0.6 is 34.5 Å². The molecule has 2 nitrogen and oxygen atoms in total. The second-order valence-corrected chi connectivity index (χ2v) is 6.83. The molecule has 5 heteroatoms. The van der Waals surface area contributed by atoms with Gasteiger partial charge in [-0.2, -0.15) is 0 Å². The summed E-state index contributed by atoms with van der Waals surface area (Å²) in [6, 6.07) is 1.53. The third-order valence-corrected chi connectivity index (χ3v) is 4.36. The van der Waals surface area contributed by atoms with Gasteiger partial charge in [0.2, 0.25) is 0 Å². The molecule has 0 N–H and O–H groups in total. The first-order valence-electron chi connectivity index (χ1n) is 6.54. The Morgan fingerprint density at radius 1 is 1.16 bits per heavy atom. The number of thiophene rings is 1. The van der Waals surface area contributed by atoms with E-state index in [9.17, 15) is 9.59 Å². The van der Waals surface area contributed by atoms with Crippen LogP contribution in [-0.2, 0) is 4.79 Å². The van der Waals surface area contributed by atoms with Crippen molar-refractivity contribution in [2.75, 3.05) is 0 Å². The zero-order chi connectivity index (χ0) is 14.3. The maximum Gasteiger partial charge on any atom is 0.172 e. The zero-order valence-corrected chi connectivity index (χ0v) is 13.3. The van der Waals surface area contributed by atoms with Crippen LogP contribution in [0.4, 0.5) is 0 Å². The summed E-state index contributed by atoms with van der Waals surface area (Å²) in [6.07, 6.45) is 5.87. The van der Waals surface area contributed by atoms with E-state index in [0.29, 0.717) is 20.7 Å². The van der Waals surface area contributed by atoms with Crippen molar-refractivity contribution in [1.82, 2.24) is 0 Å². The average molecular weight is 321 g/mol. The fourth-order valence-electron chi connectivity index (χ4n) is 1.82. The van der Waals surface area contributed by atoms with E-state index in [2.05, 4.69) is 6.92 Å². The molecule has 0 saturated heterocycles. The molecule has 0 radical (unpaired) electrons. The van der Waals surface area contributed by atoms with Gasteiger partial charge in [0.1, 0.15) is 10.1 Å². The molecule has 0 unspecified atom stereocenters. The van der Waals surface area contributed by atoms with E-state index in [1.54, 1.807) is 0 Å². The van der Waals surface area contributed by atoms with Gasteiger partial charge in [-0.3, -0.25) is 9.59 Å². The summed E-state index contributed by atoms with van der Waals surface area (Å²) in [5, 5.41) is 0. The van der Waals surface area contributed by atoms with Crippen molar-refractivity contribution in [3.63, 3.8) is 0 Å². The van der Waals surface area contributed by atoms with Crippen molar-refractivity contribution in [2.24, 2.45) is 0 Å². The smallest absolute Gasteiger partial charge is 0.172 e. The molecule has 106 valence electrons. The minimum absolute atomic E-state index is 0.0140. The van der Waals surface area contributed by atoms with Crippen LogP contribution in [0.25, 0.3) is 0 Å². The molecule has 0 aromatic carbocycles. The minimum atomic E-state index is -0.230. The summed E-state index contributed by atoms with van der Waals surface area (Å²) in [5.41, 5.74) is 0.371. The van der Waals surface area contributed by atoms with E-state index in [-0.39, 0.29) is 18.0 Å². The molecule has 1 aromatic heterocycles. The topological polar surface area (TPSA) is 34.1 Å². The van der Waals surface area contributed by atoms with Crippen LogP contribution in [0.5, 0.6) is 0 Å². The van der Waals surface area contributed by atoms with Crippen LogP contribution in [-0.4, -0.2) is 11.6 Å². The SMILES string of the molecule is CCCCCCCC(=O)CC(=O)c1cc(Cl)sc1Cl. The fraction of sp³-hybridized carbons (Fsp3) is 0.571. The largest absolute Gasteiger partial charge is 0.299 e. The lowest BCUT2D eigenvalue weighted by atomic mass is 10.0. The van der Waals surface area contributed by atoms with Crippen LogP contribution in [0.2, 0.25) is 8.67 Å². The van der Waals surface area contributed by atoms with E-state index in [0.717, 1.165) is 30.6 Å². The van der Waals surface area contributed by atoms with Crippen LogP contribution in [0.1, 0.15) is 62.2 Å². The maximum atomic E-state index is 11.9. The van der Waals surface area contributed by atoms with Crippen LogP contribution in [0, 0.1) is 0 Å². The second-order valence-electron chi connectivity index (χ2n) is 4.54. The van der Waals surface area contributed by atoms with Crippen molar-refractivity contribution < 1.29 is 9.59 Å². The summed E-state index contributed by atoms with van der Waals surface area (Å²) in [6.45, 7) is 2.15. The standard InChI is InChI=1S/C14H18Cl2O2S/c1-2-3-4-5-6-7-10(17)8-12(18)11-9-13(15)19-14(11)16/h9H,2-8H2,1H3.